The Morgan fingerprint density at radius 1 is 1.15 bits per heavy atom. The van der Waals surface area contributed by atoms with Crippen LogP contribution in [0.2, 0.25) is 0 Å². The Labute approximate surface area is 160 Å². The van der Waals surface area contributed by atoms with Gasteiger partial charge in [-0.2, -0.15) is 5.26 Å². The molecule has 0 radical (unpaired) electrons. The zero-order valence-corrected chi connectivity index (χ0v) is 16.1. The van der Waals surface area contributed by atoms with Crippen molar-refractivity contribution in [3.63, 3.8) is 0 Å². The van der Waals surface area contributed by atoms with Crippen LogP contribution in [-0.2, 0) is 16.1 Å². The van der Waals surface area contributed by atoms with Gasteiger partial charge in [-0.15, -0.1) is 0 Å². The molecule has 2 rings (SSSR count). The molecule has 27 heavy (non-hydrogen) atoms. The molecule has 0 fully saturated rings. The van der Waals surface area contributed by atoms with Gasteiger partial charge in [-0.05, 0) is 24.1 Å². The highest BCUT2D eigenvalue weighted by molar-refractivity contribution is 5.76. The maximum absolute atomic E-state index is 12.4. The smallest absolute Gasteiger partial charge is 0.323 e. The van der Waals surface area contributed by atoms with Gasteiger partial charge in [0, 0.05) is 12.1 Å². The molecule has 0 spiro atoms. The Balaban J connectivity index is 2.11. The van der Waals surface area contributed by atoms with E-state index in [1.165, 1.54) is 0 Å². The average Bonchev–Trinajstić information content (AvgIpc) is 2.65. The third-order valence-electron chi connectivity index (χ3n) is 3.82. The summed E-state index contributed by atoms with van der Waals surface area (Å²) in [6, 6.07) is 14.3. The molecular formula is C21H25N3O3. The molecule has 1 N–H and O–H groups in total. The molecule has 0 saturated heterocycles. The first-order chi connectivity index (χ1) is 12.9. The summed E-state index contributed by atoms with van der Waals surface area (Å²) >= 11 is 0. The van der Waals surface area contributed by atoms with E-state index in [0.29, 0.717) is 22.9 Å². The van der Waals surface area contributed by atoms with Gasteiger partial charge in [-0.1, -0.05) is 45.9 Å². The predicted octanol–water partition coefficient (Wildman–Crippen LogP) is 3.81. The minimum Gasteiger partial charge on any atom is -0.458 e. The fourth-order valence-corrected chi connectivity index (χ4v) is 2.48. The van der Waals surface area contributed by atoms with Crippen molar-refractivity contribution in [1.29, 1.82) is 5.26 Å². The average molecular weight is 367 g/mol. The first-order valence-corrected chi connectivity index (χ1v) is 8.96. The third-order valence-corrected chi connectivity index (χ3v) is 3.82. The van der Waals surface area contributed by atoms with Gasteiger partial charge < -0.3 is 14.8 Å². The highest BCUT2D eigenvalue weighted by atomic mass is 16.5. The number of hydrogen-bond acceptors (Lipinski definition) is 6. The number of esters is 1. The highest BCUT2D eigenvalue weighted by Crippen LogP contribution is 2.21. The summed E-state index contributed by atoms with van der Waals surface area (Å²) in [6.07, 6.45) is 0. The first-order valence-electron chi connectivity index (χ1n) is 8.96. The molecular weight excluding hydrogens is 342 g/mol. The molecule has 0 aliphatic heterocycles. The molecule has 0 aliphatic carbocycles. The van der Waals surface area contributed by atoms with Gasteiger partial charge in [-0.3, -0.25) is 4.79 Å². The zero-order valence-electron chi connectivity index (χ0n) is 16.1. The van der Waals surface area contributed by atoms with E-state index in [1.807, 2.05) is 58.0 Å². The number of nitrogens with one attached hydrogen (secondary N) is 1. The largest absolute Gasteiger partial charge is 0.458 e. The van der Waals surface area contributed by atoms with Crippen LogP contribution in [0.5, 0.6) is 11.6 Å². The topological polar surface area (TPSA) is 84.2 Å². The van der Waals surface area contributed by atoms with Gasteiger partial charge in [0.15, 0.2) is 0 Å². The standard InChI is InChI=1S/C21H25N3O3/c1-14(2)20(23-15(3)4)21(25)26-13-18-16(12-22)10-11-19(24-18)27-17-8-6-5-7-9-17/h5-11,14-15,20,23H,13H2,1-4H3. The van der Waals surface area contributed by atoms with Crippen LogP contribution in [0.1, 0.15) is 39.0 Å². The summed E-state index contributed by atoms with van der Waals surface area (Å²) < 4.78 is 11.1. The summed E-state index contributed by atoms with van der Waals surface area (Å²) in [5.74, 6) is 0.695. The maximum Gasteiger partial charge on any atom is 0.323 e. The molecule has 1 heterocycles. The van der Waals surface area contributed by atoms with Crippen LogP contribution >= 0.6 is 0 Å². The lowest BCUT2D eigenvalue weighted by molar-refractivity contribution is -0.149. The van der Waals surface area contributed by atoms with Crippen LogP contribution in [0.25, 0.3) is 0 Å². The molecule has 1 unspecified atom stereocenters. The minimum atomic E-state index is -0.417. The number of benzene rings is 1. The number of pyridine rings is 1. The summed E-state index contributed by atoms with van der Waals surface area (Å²) in [7, 11) is 0. The van der Waals surface area contributed by atoms with Crippen molar-refractivity contribution in [2.24, 2.45) is 5.92 Å². The van der Waals surface area contributed by atoms with Crippen LogP contribution in [0.4, 0.5) is 0 Å². The lowest BCUT2D eigenvalue weighted by Gasteiger charge is -2.23. The van der Waals surface area contributed by atoms with Crippen molar-refractivity contribution in [3.8, 4) is 17.7 Å². The molecule has 1 aromatic heterocycles. The predicted molar refractivity (Wildman–Crippen MR) is 102 cm³/mol. The lowest BCUT2D eigenvalue weighted by Crippen LogP contribution is -2.45. The summed E-state index contributed by atoms with van der Waals surface area (Å²) in [5, 5.41) is 12.5. The van der Waals surface area contributed by atoms with E-state index in [4.69, 9.17) is 9.47 Å². The van der Waals surface area contributed by atoms with Crippen molar-refractivity contribution in [1.82, 2.24) is 10.3 Å². The number of nitriles is 1. The van der Waals surface area contributed by atoms with Crippen molar-refractivity contribution < 1.29 is 14.3 Å². The summed E-state index contributed by atoms with van der Waals surface area (Å²) in [4.78, 5) is 16.8. The number of ether oxygens (including phenoxy) is 2. The van der Waals surface area contributed by atoms with E-state index < -0.39 is 6.04 Å². The van der Waals surface area contributed by atoms with Crippen LogP contribution in [0.15, 0.2) is 42.5 Å². The molecule has 1 aromatic carbocycles. The van der Waals surface area contributed by atoms with Crippen LogP contribution in [0, 0.1) is 17.2 Å². The second-order valence-corrected chi connectivity index (χ2v) is 6.82. The number of para-hydroxylation sites is 1. The van der Waals surface area contributed by atoms with Gasteiger partial charge >= 0.3 is 5.97 Å². The Morgan fingerprint density at radius 3 is 2.44 bits per heavy atom. The van der Waals surface area contributed by atoms with Crippen LogP contribution in [0.3, 0.4) is 0 Å². The SMILES string of the molecule is CC(C)NC(C(=O)OCc1nc(Oc2ccccc2)ccc1C#N)C(C)C. The van der Waals surface area contributed by atoms with Crippen molar-refractivity contribution >= 4 is 5.97 Å². The Kier molecular flexibility index (Phi) is 7.33. The minimum absolute atomic E-state index is 0.0797. The van der Waals surface area contributed by atoms with E-state index >= 15 is 0 Å². The van der Waals surface area contributed by atoms with E-state index in [-0.39, 0.29) is 24.5 Å². The van der Waals surface area contributed by atoms with Crippen LogP contribution in [-0.4, -0.2) is 23.0 Å². The number of carbonyl (C=O) groups is 1. The van der Waals surface area contributed by atoms with Gasteiger partial charge in [-0.25, -0.2) is 4.98 Å². The zero-order chi connectivity index (χ0) is 19.8. The molecule has 6 heteroatoms. The lowest BCUT2D eigenvalue weighted by atomic mass is 10.0. The molecule has 0 amide bonds. The Morgan fingerprint density at radius 2 is 1.85 bits per heavy atom. The number of hydrogen-bond donors (Lipinski definition) is 1. The molecule has 1 atom stereocenters. The van der Waals surface area contributed by atoms with Crippen molar-refractivity contribution in [2.45, 2.75) is 46.4 Å². The van der Waals surface area contributed by atoms with E-state index in [9.17, 15) is 10.1 Å². The Bertz CT molecular complexity index is 798. The van der Waals surface area contributed by atoms with E-state index in [2.05, 4.69) is 16.4 Å². The number of aromatic nitrogens is 1. The molecule has 6 nitrogen and oxygen atoms in total. The van der Waals surface area contributed by atoms with Gasteiger partial charge in [0.2, 0.25) is 5.88 Å². The van der Waals surface area contributed by atoms with Gasteiger partial charge in [0.1, 0.15) is 24.5 Å². The molecule has 142 valence electrons. The second-order valence-electron chi connectivity index (χ2n) is 6.82. The Hall–Kier alpha value is -2.91. The normalized spacial score (nSPS) is 11.9. The summed E-state index contributed by atoms with van der Waals surface area (Å²) in [5.41, 5.74) is 0.715. The fourth-order valence-electron chi connectivity index (χ4n) is 2.48. The van der Waals surface area contributed by atoms with Gasteiger partial charge in [0.05, 0.1) is 11.3 Å². The quantitative estimate of drug-likeness (QED) is 0.714. The third kappa shape index (κ3) is 6.08. The number of nitrogens with zero attached hydrogens (tertiary/aromatic N) is 2. The van der Waals surface area contributed by atoms with Crippen molar-refractivity contribution in [2.75, 3.05) is 0 Å². The van der Waals surface area contributed by atoms with E-state index in [1.54, 1.807) is 12.1 Å². The van der Waals surface area contributed by atoms with Gasteiger partial charge in [0.25, 0.3) is 0 Å². The van der Waals surface area contributed by atoms with Crippen LogP contribution < -0.4 is 10.1 Å². The summed E-state index contributed by atoms with van der Waals surface area (Å²) in [6.45, 7) is 7.77. The van der Waals surface area contributed by atoms with Crippen molar-refractivity contribution in [3.05, 3.63) is 53.7 Å². The number of carbonyl (C=O) groups excluding carboxylic acids is 1. The monoisotopic (exact) mass is 367 g/mol. The fraction of sp³-hybridized carbons (Fsp3) is 0.381. The molecule has 0 saturated carbocycles. The first kappa shape index (κ1) is 20.4. The maximum atomic E-state index is 12.4. The molecule has 0 bridgehead atoms. The molecule has 0 aliphatic rings. The van der Waals surface area contributed by atoms with E-state index in [0.717, 1.165) is 0 Å². The second kappa shape index (κ2) is 9.70. The number of rotatable bonds is 8. The molecule has 2 aromatic rings. The highest BCUT2D eigenvalue weighted by Gasteiger charge is 2.24.